The van der Waals surface area contributed by atoms with Gasteiger partial charge in [-0.15, -0.1) is 0 Å². The van der Waals surface area contributed by atoms with Gasteiger partial charge in [0.2, 0.25) is 0 Å². The van der Waals surface area contributed by atoms with Gasteiger partial charge in [-0.3, -0.25) is 9.59 Å². The molecule has 1 amide bonds. The summed E-state index contributed by atoms with van der Waals surface area (Å²) >= 11 is 0. The number of fused-ring (bicyclic) bond motifs is 1. The molecule has 0 bridgehead atoms. The van der Waals surface area contributed by atoms with E-state index in [0.29, 0.717) is 28.4 Å². The predicted molar refractivity (Wildman–Crippen MR) is 100 cm³/mol. The molecule has 4 rings (SSSR count). The minimum atomic E-state index is -0.576. The average molecular weight is 387 g/mol. The number of carbonyl (C=O) groups is 2. The van der Waals surface area contributed by atoms with E-state index in [1.807, 2.05) is 0 Å². The second-order valence-electron chi connectivity index (χ2n) is 7.42. The summed E-state index contributed by atoms with van der Waals surface area (Å²) in [6, 6.07) is 2.90. The van der Waals surface area contributed by atoms with Gasteiger partial charge in [0, 0.05) is 18.7 Å². The molecule has 3 aliphatic rings. The number of hydrogen-bond donors (Lipinski definition) is 0. The summed E-state index contributed by atoms with van der Waals surface area (Å²) in [6.07, 6.45) is 3.45. The van der Waals surface area contributed by atoms with Crippen LogP contribution in [0, 0.1) is 5.92 Å². The summed E-state index contributed by atoms with van der Waals surface area (Å²) in [7, 11) is 6.32. The van der Waals surface area contributed by atoms with Crippen molar-refractivity contribution in [1.82, 2.24) is 4.90 Å². The number of Topliss-reactive ketones (excluding diaryl/α,β-unsaturated/α-hetero) is 1. The van der Waals surface area contributed by atoms with Gasteiger partial charge in [-0.2, -0.15) is 0 Å². The maximum absolute atomic E-state index is 13.4. The second kappa shape index (κ2) is 7.04. The number of ether oxygens (including phenoxy) is 4. The van der Waals surface area contributed by atoms with Crippen LogP contribution < -0.4 is 14.2 Å². The SMILES string of the molecule is COc1cc(OC)c(C2C3=C(OC4CCCCC4C3=O)C(=O)N2C)cc1OC. The fourth-order valence-corrected chi connectivity index (χ4v) is 4.59. The van der Waals surface area contributed by atoms with Gasteiger partial charge in [0.15, 0.2) is 23.0 Å². The molecule has 1 fully saturated rings. The van der Waals surface area contributed by atoms with Crippen molar-refractivity contribution in [2.45, 2.75) is 37.8 Å². The third kappa shape index (κ3) is 2.64. The van der Waals surface area contributed by atoms with Gasteiger partial charge in [-0.1, -0.05) is 6.42 Å². The molecule has 1 aliphatic carbocycles. The van der Waals surface area contributed by atoms with Crippen LogP contribution in [0.4, 0.5) is 0 Å². The lowest BCUT2D eigenvalue weighted by atomic mass is 9.77. The van der Waals surface area contributed by atoms with Crippen LogP contribution in [0.1, 0.15) is 37.3 Å². The Hall–Kier alpha value is -2.70. The number of nitrogens with zero attached hydrogens (tertiary/aromatic N) is 1. The van der Waals surface area contributed by atoms with Crippen LogP contribution in [0.5, 0.6) is 17.2 Å². The van der Waals surface area contributed by atoms with Gasteiger partial charge in [-0.05, 0) is 25.3 Å². The monoisotopic (exact) mass is 387 g/mol. The first-order valence-corrected chi connectivity index (χ1v) is 9.53. The molecule has 3 unspecified atom stereocenters. The minimum absolute atomic E-state index is 0.0190. The van der Waals surface area contributed by atoms with Crippen molar-refractivity contribution in [3.63, 3.8) is 0 Å². The predicted octanol–water partition coefficient (Wildman–Crippen LogP) is 2.64. The van der Waals surface area contributed by atoms with Crippen LogP contribution in [-0.2, 0) is 14.3 Å². The molecule has 0 N–H and O–H groups in total. The lowest BCUT2D eigenvalue weighted by Gasteiger charge is -2.35. The van der Waals surface area contributed by atoms with E-state index >= 15 is 0 Å². The van der Waals surface area contributed by atoms with Crippen LogP contribution in [0.25, 0.3) is 0 Å². The van der Waals surface area contributed by atoms with Gasteiger partial charge in [-0.25, -0.2) is 0 Å². The molecular weight excluding hydrogens is 362 g/mol. The van der Waals surface area contributed by atoms with E-state index in [1.54, 1.807) is 45.4 Å². The number of hydrogen-bond acceptors (Lipinski definition) is 6. The number of methoxy groups -OCH3 is 3. The highest BCUT2D eigenvalue weighted by molar-refractivity contribution is 6.11. The summed E-state index contributed by atoms with van der Waals surface area (Å²) in [4.78, 5) is 27.8. The summed E-state index contributed by atoms with van der Waals surface area (Å²) < 4.78 is 22.4. The molecule has 2 aliphatic heterocycles. The number of benzene rings is 1. The summed E-state index contributed by atoms with van der Waals surface area (Å²) in [6.45, 7) is 0. The normalized spacial score (nSPS) is 26.6. The highest BCUT2D eigenvalue weighted by atomic mass is 16.5. The standard InChI is InChI=1S/C21H25NO6/c1-22-18(12-9-15(26-3)16(27-4)10-14(12)25-2)17-19(23)11-7-5-6-8-13(11)28-20(17)21(22)24/h9-11,13,18H,5-8H2,1-4H3. The Balaban J connectivity index is 1.85. The maximum Gasteiger partial charge on any atom is 0.289 e. The van der Waals surface area contributed by atoms with Crippen LogP contribution in [0.2, 0.25) is 0 Å². The van der Waals surface area contributed by atoms with Crippen LogP contribution in [0.15, 0.2) is 23.5 Å². The van der Waals surface area contributed by atoms with Crippen molar-refractivity contribution in [3.8, 4) is 17.2 Å². The van der Waals surface area contributed by atoms with Crippen LogP contribution in [-0.4, -0.2) is 51.1 Å². The molecule has 1 aromatic carbocycles. The molecule has 28 heavy (non-hydrogen) atoms. The Bertz CT molecular complexity index is 861. The van der Waals surface area contributed by atoms with Crippen molar-refractivity contribution in [2.24, 2.45) is 5.92 Å². The zero-order chi connectivity index (χ0) is 20.0. The zero-order valence-corrected chi connectivity index (χ0v) is 16.6. The molecule has 0 aromatic heterocycles. The number of ketones is 1. The Morgan fingerprint density at radius 3 is 2.29 bits per heavy atom. The quantitative estimate of drug-likeness (QED) is 0.791. The van der Waals surface area contributed by atoms with Gasteiger partial charge in [0.1, 0.15) is 11.9 Å². The molecule has 0 radical (unpaired) electrons. The summed E-state index contributed by atoms with van der Waals surface area (Å²) in [5.41, 5.74) is 1.10. The number of carbonyl (C=O) groups excluding carboxylic acids is 2. The van der Waals surface area contributed by atoms with Gasteiger partial charge in [0.25, 0.3) is 5.91 Å². The Morgan fingerprint density at radius 1 is 0.964 bits per heavy atom. The van der Waals surface area contributed by atoms with Crippen molar-refractivity contribution in [2.75, 3.05) is 28.4 Å². The summed E-state index contributed by atoms with van der Waals surface area (Å²) in [5, 5.41) is 0. The lowest BCUT2D eigenvalue weighted by molar-refractivity contribution is -0.134. The minimum Gasteiger partial charge on any atom is -0.496 e. The number of likely N-dealkylation sites (N-methyl/N-ethyl adjacent to an activating group) is 1. The van der Waals surface area contributed by atoms with Gasteiger partial charge in [0.05, 0.1) is 38.9 Å². The van der Waals surface area contributed by atoms with Crippen molar-refractivity contribution in [1.29, 1.82) is 0 Å². The Morgan fingerprint density at radius 2 is 1.61 bits per heavy atom. The van der Waals surface area contributed by atoms with E-state index < -0.39 is 6.04 Å². The molecule has 1 saturated carbocycles. The lowest BCUT2D eigenvalue weighted by Crippen LogP contribution is -2.39. The summed E-state index contributed by atoms with van der Waals surface area (Å²) in [5.74, 6) is 1.31. The smallest absolute Gasteiger partial charge is 0.289 e. The maximum atomic E-state index is 13.4. The first-order chi connectivity index (χ1) is 13.5. The van der Waals surface area contributed by atoms with Gasteiger partial charge < -0.3 is 23.8 Å². The van der Waals surface area contributed by atoms with E-state index in [0.717, 1.165) is 25.7 Å². The second-order valence-corrected chi connectivity index (χ2v) is 7.42. The third-order valence-electron chi connectivity index (χ3n) is 6.02. The third-order valence-corrected chi connectivity index (χ3v) is 6.02. The van der Waals surface area contributed by atoms with Crippen molar-refractivity contribution in [3.05, 3.63) is 29.0 Å². The first-order valence-electron chi connectivity index (χ1n) is 9.53. The highest BCUT2D eigenvalue weighted by Gasteiger charge is 2.51. The topological polar surface area (TPSA) is 74.3 Å². The van der Waals surface area contributed by atoms with Crippen LogP contribution in [0.3, 0.4) is 0 Å². The molecule has 1 aromatic rings. The fraction of sp³-hybridized carbons (Fsp3) is 0.524. The molecule has 3 atom stereocenters. The first kappa shape index (κ1) is 18.7. The average Bonchev–Trinajstić information content (AvgIpc) is 2.98. The van der Waals surface area contributed by atoms with Crippen molar-refractivity contribution >= 4 is 11.7 Å². The fourth-order valence-electron chi connectivity index (χ4n) is 4.59. The zero-order valence-electron chi connectivity index (χ0n) is 16.6. The Kier molecular flexibility index (Phi) is 4.69. The van der Waals surface area contributed by atoms with Crippen LogP contribution >= 0.6 is 0 Å². The molecule has 7 heteroatoms. The molecule has 0 saturated heterocycles. The number of amides is 1. The highest BCUT2D eigenvalue weighted by Crippen LogP contribution is 2.49. The molecule has 7 nitrogen and oxygen atoms in total. The van der Waals surface area contributed by atoms with E-state index in [2.05, 4.69) is 0 Å². The largest absolute Gasteiger partial charge is 0.496 e. The van der Waals surface area contributed by atoms with Gasteiger partial charge >= 0.3 is 0 Å². The Labute approximate surface area is 164 Å². The molecule has 0 spiro atoms. The van der Waals surface area contributed by atoms with E-state index in [1.165, 1.54) is 0 Å². The van der Waals surface area contributed by atoms with E-state index in [4.69, 9.17) is 18.9 Å². The number of rotatable bonds is 4. The van der Waals surface area contributed by atoms with E-state index in [-0.39, 0.29) is 29.5 Å². The molecule has 150 valence electrons. The molecular formula is C21H25NO6. The molecule has 2 heterocycles. The van der Waals surface area contributed by atoms with Crippen molar-refractivity contribution < 1.29 is 28.5 Å². The van der Waals surface area contributed by atoms with E-state index in [9.17, 15) is 9.59 Å².